The van der Waals surface area contributed by atoms with E-state index < -0.39 is 6.04 Å². The first-order chi connectivity index (χ1) is 13.4. The first kappa shape index (κ1) is 20.6. The van der Waals surface area contributed by atoms with Gasteiger partial charge in [0.05, 0.1) is 12.6 Å². The van der Waals surface area contributed by atoms with Crippen molar-refractivity contribution in [1.82, 2.24) is 10.6 Å². The van der Waals surface area contributed by atoms with Crippen molar-refractivity contribution in [1.29, 1.82) is 0 Å². The molecule has 3 rings (SSSR count). The molecule has 2 aromatic rings. The number of rotatable bonds is 5. The van der Waals surface area contributed by atoms with Crippen molar-refractivity contribution in [3.05, 3.63) is 63.6 Å². The van der Waals surface area contributed by atoms with Gasteiger partial charge in [0.2, 0.25) is 11.8 Å². The number of fused-ring (bicyclic) bond motifs is 1. The molecule has 0 radical (unpaired) electrons. The molecular formula is C21H23Cl2N3O2. The third-order valence-corrected chi connectivity index (χ3v) is 5.63. The molecule has 0 bridgehead atoms. The van der Waals surface area contributed by atoms with Crippen molar-refractivity contribution in [3.8, 4) is 0 Å². The van der Waals surface area contributed by atoms with Gasteiger partial charge in [0.25, 0.3) is 0 Å². The maximum Gasteiger partial charge on any atom is 0.249 e. The quantitative estimate of drug-likeness (QED) is 0.778. The third kappa shape index (κ3) is 4.49. The summed E-state index contributed by atoms with van der Waals surface area (Å²) in [6, 6.07) is 12.0. The van der Waals surface area contributed by atoms with Crippen LogP contribution in [0.15, 0.2) is 42.5 Å². The van der Waals surface area contributed by atoms with Crippen LogP contribution >= 0.6 is 23.2 Å². The van der Waals surface area contributed by atoms with Crippen LogP contribution in [-0.4, -0.2) is 30.9 Å². The van der Waals surface area contributed by atoms with E-state index in [0.29, 0.717) is 22.9 Å². The summed E-state index contributed by atoms with van der Waals surface area (Å²) >= 11 is 12.5. The Bertz CT molecular complexity index is 888. The predicted molar refractivity (Wildman–Crippen MR) is 113 cm³/mol. The molecule has 1 heterocycles. The van der Waals surface area contributed by atoms with E-state index in [1.54, 1.807) is 37.1 Å². The van der Waals surface area contributed by atoms with E-state index in [-0.39, 0.29) is 24.4 Å². The van der Waals surface area contributed by atoms with Crippen molar-refractivity contribution < 1.29 is 9.59 Å². The molecule has 0 saturated heterocycles. The highest BCUT2D eigenvalue weighted by Crippen LogP contribution is 2.30. The van der Waals surface area contributed by atoms with Gasteiger partial charge in [-0.05, 0) is 62.2 Å². The molecule has 0 fully saturated rings. The van der Waals surface area contributed by atoms with E-state index in [2.05, 4.69) is 10.6 Å². The highest BCUT2D eigenvalue weighted by Gasteiger charge is 2.32. The van der Waals surface area contributed by atoms with Crippen LogP contribution < -0.4 is 15.5 Å². The lowest BCUT2D eigenvalue weighted by Crippen LogP contribution is -2.52. The fourth-order valence-corrected chi connectivity index (χ4v) is 3.65. The standard InChI is InChI=1S/C21H23Cl2N3O2/c1-13(24-2)20(27)25-18-10-7-14-5-3-4-6-19(14)26(21(18)28)12-15-11-16(22)8-9-17(15)23/h3-6,8-9,11,13,18,24H,7,10,12H2,1-2H3,(H,25,27). The second kappa shape index (κ2) is 8.95. The van der Waals surface area contributed by atoms with Crippen LogP contribution in [0.3, 0.4) is 0 Å². The minimum Gasteiger partial charge on any atom is -0.343 e. The molecule has 2 unspecified atom stereocenters. The van der Waals surface area contributed by atoms with Crippen molar-refractivity contribution in [2.45, 2.75) is 38.4 Å². The smallest absolute Gasteiger partial charge is 0.249 e. The van der Waals surface area contributed by atoms with E-state index >= 15 is 0 Å². The van der Waals surface area contributed by atoms with Crippen LogP contribution in [0.2, 0.25) is 10.0 Å². The van der Waals surface area contributed by atoms with Gasteiger partial charge < -0.3 is 15.5 Å². The number of aryl methyl sites for hydroxylation is 1. The molecule has 2 amide bonds. The summed E-state index contributed by atoms with van der Waals surface area (Å²) in [5.41, 5.74) is 2.65. The molecule has 2 N–H and O–H groups in total. The summed E-state index contributed by atoms with van der Waals surface area (Å²) in [6.45, 7) is 2.04. The number of halogens is 2. The molecular weight excluding hydrogens is 397 g/mol. The molecule has 0 saturated carbocycles. The molecule has 148 valence electrons. The number of para-hydroxylation sites is 1. The second-order valence-corrected chi connectivity index (χ2v) is 7.74. The monoisotopic (exact) mass is 419 g/mol. The maximum atomic E-state index is 13.4. The number of nitrogens with zero attached hydrogens (tertiary/aromatic N) is 1. The summed E-state index contributed by atoms with van der Waals surface area (Å²) in [7, 11) is 1.71. The lowest BCUT2D eigenvalue weighted by atomic mass is 10.1. The minimum absolute atomic E-state index is 0.155. The molecule has 0 aromatic heterocycles. The average molecular weight is 420 g/mol. The highest BCUT2D eigenvalue weighted by molar-refractivity contribution is 6.33. The zero-order chi connectivity index (χ0) is 20.3. The van der Waals surface area contributed by atoms with Crippen LogP contribution in [0.1, 0.15) is 24.5 Å². The van der Waals surface area contributed by atoms with Crippen LogP contribution in [0.5, 0.6) is 0 Å². The Morgan fingerprint density at radius 2 is 2.00 bits per heavy atom. The number of hydrogen-bond acceptors (Lipinski definition) is 3. The average Bonchev–Trinajstić information content (AvgIpc) is 2.82. The summed E-state index contributed by atoms with van der Waals surface area (Å²) in [5, 5.41) is 6.88. The zero-order valence-electron chi connectivity index (χ0n) is 15.8. The van der Waals surface area contributed by atoms with Gasteiger partial charge in [-0.3, -0.25) is 9.59 Å². The van der Waals surface area contributed by atoms with Crippen LogP contribution in [-0.2, 0) is 22.6 Å². The van der Waals surface area contributed by atoms with E-state index in [1.807, 2.05) is 24.3 Å². The van der Waals surface area contributed by atoms with Gasteiger partial charge in [0, 0.05) is 15.7 Å². The largest absolute Gasteiger partial charge is 0.343 e. The van der Waals surface area contributed by atoms with Gasteiger partial charge in [-0.15, -0.1) is 0 Å². The zero-order valence-corrected chi connectivity index (χ0v) is 17.3. The molecule has 1 aliphatic rings. The summed E-state index contributed by atoms with van der Waals surface area (Å²) in [6.07, 6.45) is 1.23. The van der Waals surface area contributed by atoms with Crippen molar-refractivity contribution >= 4 is 40.7 Å². The fourth-order valence-electron chi connectivity index (χ4n) is 3.28. The van der Waals surface area contributed by atoms with Crippen molar-refractivity contribution in [2.75, 3.05) is 11.9 Å². The minimum atomic E-state index is -0.603. The number of benzene rings is 2. The number of likely N-dealkylation sites (N-methyl/N-ethyl adjacent to an activating group) is 1. The lowest BCUT2D eigenvalue weighted by molar-refractivity contribution is -0.128. The Morgan fingerprint density at radius 1 is 1.25 bits per heavy atom. The molecule has 2 atom stereocenters. The van der Waals surface area contributed by atoms with Gasteiger partial charge in [-0.25, -0.2) is 0 Å². The number of anilines is 1. The van der Waals surface area contributed by atoms with Gasteiger partial charge >= 0.3 is 0 Å². The molecule has 2 aromatic carbocycles. The Kier molecular flexibility index (Phi) is 6.60. The summed E-state index contributed by atoms with van der Waals surface area (Å²) in [5.74, 6) is -0.356. The molecule has 0 spiro atoms. The lowest BCUT2D eigenvalue weighted by Gasteiger charge is -2.27. The summed E-state index contributed by atoms with van der Waals surface area (Å²) in [4.78, 5) is 27.4. The van der Waals surface area contributed by atoms with E-state index in [9.17, 15) is 9.59 Å². The molecule has 7 heteroatoms. The Morgan fingerprint density at radius 3 is 2.75 bits per heavy atom. The molecule has 1 aliphatic heterocycles. The van der Waals surface area contributed by atoms with E-state index in [4.69, 9.17) is 23.2 Å². The Balaban J connectivity index is 1.94. The van der Waals surface area contributed by atoms with Gasteiger partial charge in [-0.2, -0.15) is 0 Å². The number of amides is 2. The first-order valence-electron chi connectivity index (χ1n) is 9.21. The van der Waals surface area contributed by atoms with Gasteiger partial charge in [0.15, 0.2) is 0 Å². The van der Waals surface area contributed by atoms with Crippen LogP contribution in [0.25, 0.3) is 0 Å². The Hall–Kier alpha value is -2.08. The van der Waals surface area contributed by atoms with Crippen LogP contribution in [0, 0.1) is 0 Å². The fraction of sp³-hybridized carbons (Fsp3) is 0.333. The van der Waals surface area contributed by atoms with Gasteiger partial charge in [0.1, 0.15) is 6.04 Å². The molecule has 28 heavy (non-hydrogen) atoms. The predicted octanol–water partition coefficient (Wildman–Crippen LogP) is 3.57. The van der Waals surface area contributed by atoms with Crippen molar-refractivity contribution in [2.24, 2.45) is 0 Å². The SMILES string of the molecule is CNC(C)C(=O)NC1CCc2ccccc2N(Cc2cc(Cl)ccc2Cl)C1=O. The van der Waals surface area contributed by atoms with Crippen LogP contribution in [0.4, 0.5) is 5.69 Å². The first-order valence-corrected chi connectivity index (χ1v) is 9.97. The second-order valence-electron chi connectivity index (χ2n) is 6.90. The highest BCUT2D eigenvalue weighted by atomic mass is 35.5. The van der Waals surface area contributed by atoms with E-state index in [0.717, 1.165) is 16.8 Å². The van der Waals surface area contributed by atoms with E-state index in [1.165, 1.54) is 0 Å². The molecule has 0 aliphatic carbocycles. The number of hydrogen-bond donors (Lipinski definition) is 2. The normalized spacial score (nSPS) is 17.6. The number of carbonyl (C=O) groups is 2. The van der Waals surface area contributed by atoms with Crippen molar-refractivity contribution in [3.63, 3.8) is 0 Å². The number of nitrogens with one attached hydrogen (secondary N) is 2. The summed E-state index contributed by atoms with van der Waals surface area (Å²) < 4.78 is 0. The maximum absolute atomic E-state index is 13.4. The third-order valence-electron chi connectivity index (χ3n) is 5.03. The molecule has 5 nitrogen and oxygen atoms in total. The Labute approximate surface area is 175 Å². The van der Waals surface area contributed by atoms with Gasteiger partial charge in [-0.1, -0.05) is 41.4 Å². The number of carbonyl (C=O) groups excluding carboxylic acids is 2. The topological polar surface area (TPSA) is 61.4 Å².